The molecule has 0 aromatic heterocycles. The predicted molar refractivity (Wildman–Crippen MR) is 59.8 cm³/mol. The molecular formula is C12H17NO2. The second-order valence-corrected chi connectivity index (χ2v) is 3.82. The van der Waals surface area contributed by atoms with Gasteiger partial charge >= 0.3 is 0 Å². The van der Waals surface area contributed by atoms with Crippen molar-refractivity contribution in [3.8, 4) is 11.5 Å². The Morgan fingerprint density at radius 2 is 1.53 bits per heavy atom. The molecule has 3 nitrogen and oxygen atoms in total. The molecule has 1 aromatic rings. The highest BCUT2D eigenvalue weighted by Gasteiger charge is 2.26. The van der Waals surface area contributed by atoms with Gasteiger partial charge in [0.15, 0.2) is 0 Å². The number of rotatable bonds is 3. The molecule has 3 heteroatoms. The monoisotopic (exact) mass is 207 g/mol. The topological polar surface area (TPSA) is 30.5 Å². The van der Waals surface area contributed by atoms with Gasteiger partial charge < -0.3 is 14.8 Å². The van der Waals surface area contributed by atoms with Crippen LogP contribution in [0.15, 0.2) is 12.1 Å². The van der Waals surface area contributed by atoms with Gasteiger partial charge in [-0.2, -0.15) is 0 Å². The Hall–Kier alpha value is -1.22. The van der Waals surface area contributed by atoms with E-state index in [1.807, 2.05) is 19.2 Å². The maximum atomic E-state index is 5.37. The largest absolute Gasteiger partial charge is 0.496 e. The summed E-state index contributed by atoms with van der Waals surface area (Å²) in [6.07, 6.45) is 2.04. The van der Waals surface area contributed by atoms with E-state index in [4.69, 9.17) is 9.47 Å². The Morgan fingerprint density at radius 1 is 1.07 bits per heavy atom. The van der Waals surface area contributed by atoms with Crippen molar-refractivity contribution in [1.82, 2.24) is 5.32 Å². The summed E-state index contributed by atoms with van der Waals surface area (Å²) < 4.78 is 10.7. The van der Waals surface area contributed by atoms with Crippen LogP contribution in [0.2, 0.25) is 0 Å². The molecule has 1 aliphatic rings. The van der Waals surface area contributed by atoms with E-state index in [2.05, 4.69) is 5.32 Å². The third kappa shape index (κ3) is 1.67. The van der Waals surface area contributed by atoms with Gasteiger partial charge in [0.05, 0.1) is 14.2 Å². The van der Waals surface area contributed by atoms with Crippen molar-refractivity contribution >= 4 is 0 Å². The molecule has 0 unspecified atom stereocenters. The zero-order valence-electron chi connectivity index (χ0n) is 9.46. The second-order valence-electron chi connectivity index (χ2n) is 3.82. The molecule has 0 radical (unpaired) electrons. The van der Waals surface area contributed by atoms with Crippen LogP contribution in [-0.2, 0) is 12.8 Å². The van der Waals surface area contributed by atoms with Gasteiger partial charge in [0, 0.05) is 17.2 Å². The maximum Gasteiger partial charge on any atom is 0.122 e. The molecular weight excluding hydrogens is 190 g/mol. The van der Waals surface area contributed by atoms with Crippen LogP contribution in [-0.4, -0.2) is 27.3 Å². The van der Waals surface area contributed by atoms with Crippen LogP contribution >= 0.6 is 0 Å². The van der Waals surface area contributed by atoms with Crippen LogP contribution in [0.5, 0.6) is 11.5 Å². The number of methoxy groups -OCH3 is 2. The molecule has 0 saturated carbocycles. The van der Waals surface area contributed by atoms with E-state index in [9.17, 15) is 0 Å². The summed E-state index contributed by atoms with van der Waals surface area (Å²) in [4.78, 5) is 0. The molecule has 0 heterocycles. The van der Waals surface area contributed by atoms with Gasteiger partial charge in [-0.3, -0.25) is 0 Å². The lowest BCUT2D eigenvalue weighted by atomic mass is 10.1. The molecule has 0 amide bonds. The van der Waals surface area contributed by atoms with Gasteiger partial charge in [0.1, 0.15) is 11.5 Å². The summed E-state index contributed by atoms with van der Waals surface area (Å²) >= 11 is 0. The number of ether oxygens (including phenoxy) is 2. The first kappa shape index (κ1) is 10.3. The molecule has 0 saturated heterocycles. The molecule has 0 spiro atoms. The Morgan fingerprint density at radius 3 is 1.87 bits per heavy atom. The highest BCUT2D eigenvalue weighted by atomic mass is 16.5. The standard InChI is InChI=1S/C12H17NO2/c1-13-8-6-9-10(7-8)12(15-3)5-4-11(9)14-2/h4-5,8,13H,6-7H2,1-3H3. The minimum Gasteiger partial charge on any atom is -0.496 e. The SMILES string of the molecule is CNC1Cc2c(OC)ccc(OC)c2C1. The zero-order chi connectivity index (χ0) is 10.8. The fraction of sp³-hybridized carbons (Fsp3) is 0.500. The van der Waals surface area contributed by atoms with Crippen LogP contribution in [0.25, 0.3) is 0 Å². The number of hydrogen-bond donors (Lipinski definition) is 1. The van der Waals surface area contributed by atoms with Crippen molar-refractivity contribution in [1.29, 1.82) is 0 Å². The Labute approximate surface area is 90.4 Å². The molecule has 0 fully saturated rings. The molecule has 1 aromatic carbocycles. The highest BCUT2D eigenvalue weighted by Crippen LogP contribution is 2.36. The van der Waals surface area contributed by atoms with Crippen molar-refractivity contribution in [2.45, 2.75) is 18.9 Å². The van der Waals surface area contributed by atoms with Crippen molar-refractivity contribution in [3.05, 3.63) is 23.3 Å². The summed E-state index contributed by atoms with van der Waals surface area (Å²) in [5.74, 6) is 1.95. The third-order valence-corrected chi connectivity index (χ3v) is 3.09. The van der Waals surface area contributed by atoms with Gasteiger partial charge in [-0.15, -0.1) is 0 Å². The van der Waals surface area contributed by atoms with E-state index < -0.39 is 0 Å². The number of benzene rings is 1. The molecule has 0 bridgehead atoms. The van der Waals surface area contributed by atoms with E-state index in [1.54, 1.807) is 14.2 Å². The molecule has 2 rings (SSSR count). The third-order valence-electron chi connectivity index (χ3n) is 3.09. The average Bonchev–Trinajstić information content (AvgIpc) is 2.71. The van der Waals surface area contributed by atoms with Gasteiger partial charge in [-0.25, -0.2) is 0 Å². The molecule has 0 aliphatic heterocycles. The molecule has 1 aliphatic carbocycles. The highest BCUT2D eigenvalue weighted by molar-refractivity contribution is 5.52. The zero-order valence-corrected chi connectivity index (χ0v) is 9.46. The van der Waals surface area contributed by atoms with Gasteiger partial charge in [0.25, 0.3) is 0 Å². The normalized spacial score (nSPS) is 15.1. The number of hydrogen-bond acceptors (Lipinski definition) is 3. The summed E-state index contributed by atoms with van der Waals surface area (Å²) in [6, 6.07) is 4.47. The summed E-state index contributed by atoms with van der Waals surface area (Å²) in [5.41, 5.74) is 2.58. The van der Waals surface area contributed by atoms with Gasteiger partial charge in [0.2, 0.25) is 0 Å². The van der Waals surface area contributed by atoms with Crippen LogP contribution in [0.1, 0.15) is 11.1 Å². The summed E-state index contributed by atoms with van der Waals surface area (Å²) in [5, 5.41) is 3.30. The Balaban J connectivity index is 2.42. The number of fused-ring (bicyclic) bond motifs is 1. The van der Waals surface area contributed by atoms with E-state index in [0.717, 1.165) is 24.3 Å². The fourth-order valence-electron chi connectivity index (χ4n) is 2.25. The van der Waals surface area contributed by atoms with Crippen LogP contribution in [0, 0.1) is 0 Å². The first-order valence-electron chi connectivity index (χ1n) is 5.20. The van der Waals surface area contributed by atoms with Gasteiger partial charge in [-0.1, -0.05) is 0 Å². The van der Waals surface area contributed by atoms with Crippen molar-refractivity contribution in [2.75, 3.05) is 21.3 Å². The molecule has 0 atom stereocenters. The summed E-state index contributed by atoms with van der Waals surface area (Å²) in [7, 11) is 5.43. The number of nitrogens with one attached hydrogen (secondary N) is 1. The van der Waals surface area contributed by atoms with Crippen molar-refractivity contribution in [2.24, 2.45) is 0 Å². The van der Waals surface area contributed by atoms with Crippen LogP contribution in [0.3, 0.4) is 0 Å². The Kier molecular flexibility index (Phi) is 2.82. The van der Waals surface area contributed by atoms with E-state index in [-0.39, 0.29) is 0 Å². The quantitative estimate of drug-likeness (QED) is 0.812. The lowest BCUT2D eigenvalue weighted by Crippen LogP contribution is -2.25. The van der Waals surface area contributed by atoms with Crippen LogP contribution in [0.4, 0.5) is 0 Å². The second kappa shape index (κ2) is 4.11. The van der Waals surface area contributed by atoms with Crippen molar-refractivity contribution < 1.29 is 9.47 Å². The molecule has 1 N–H and O–H groups in total. The fourth-order valence-corrected chi connectivity index (χ4v) is 2.25. The smallest absolute Gasteiger partial charge is 0.122 e. The lowest BCUT2D eigenvalue weighted by molar-refractivity contribution is 0.398. The van der Waals surface area contributed by atoms with E-state index in [0.29, 0.717) is 6.04 Å². The van der Waals surface area contributed by atoms with E-state index >= 15 is 0 Å². The predicted octanol–water partition coefficient (Wildman–Crippen LogP) is 1.39. The lowest BCUT2D eigenvalue weighted by Gasteiger charge is -2.10. The summed E-state index contributed by atoms with van der Waals surface area (Å²) in [6.45, 7) is 0. The van der Waals surface area contributed by atoms with Crippen LogP contribution < -0.4 is 14.8 Å². The first-order chi connectivity index (χ1) is 7.30. The Bertz CT molecular complexity index is 330. The number of likely N-dealkylation sites (N-methyl/N-ethyl adjacent to an activating group) is 1. The maximum absolute atomic E-state index is 5.37. The minimum atomic E-state index is 0.505. The van der Waals surface area contributed by atoms with Gasteiger partial charge in [-0.05, 0) is 32.0 Å². The minimum absolute atomic E-state index is 0.505. The van der Waals surface area contributed by atoms with E-state index in [1.165, 1.54) is 11.1 Å². The van der Waals surface area contributed by atoms with Crippen molar-refractivity contribution in [3.63, 3.8) is 0 Å². The first-order valence-corrected chi connectivity index (χ1v) is 5.20. The average molecular weight is 207 g/mol. The molecule has 15 heavy (non-hydrogen) atoms. The molecule has 82 valence electrons.